The predicted octanol–water partition coefficient (Wildman–Crippen LogP) is -1.31. The molecule has 7 aliphatic rings. The second kappa shape index (κ2) is 46.6. The van der Waals surface area contributed by atoms with Crippen molar-refractivity contribution in [1.29, 1.82) is 0 Å². The van der Waals surface area contributed by atoms with Gasteiger partial charge < -0.3 is 95.5 Å². The van der Waals surface area contributed by atoms with Crippen LogP contribution >= 0.6 is 65.1 Å². The first-order valence-electron chi connectivity index (χ1n) is 44.0. The smallest absolute Gasteiger partial charge is 0.394 e. The number of aromatic amines is 4. The molecule has 0 bridgehead atoms. The van der Waals surface area contributed by atoms with Gasteiger partial charge in [-0.25, -0.2) is 65.5 Å². The highest BCUT2D eigenvalue weighted by Crippen LogP contribution is 2.64. The number of nitrogens with two attached hydrogens (primary N) is 4. The van der Waals surface area contributed by atoms with Crippen molar-refractivity contribution in [3.05, 3.63) is 199 Å². The Morgan fingerprint density at radius 1 is 0.345 bits per heavy atom. The van der Waals surface area contributed by atoms with E-state index in [1.165, 1.54) is 46.0 Å². The summed E-state index contributed by atoms with van der Waals surface area (Å²) in [5.74, 6) is -0.654. The molecule has 7 aliphatic heterocycles. The summed E-state index contributed by atoms with van der Waals surface area (Å²) in [7, 11) is -33.6. The Bertz CT molecular complexity index is 6960. The SMILES string of the molecule is Cc1cn([C@H]2C[C@H](OP(=O)(O)O)[C@@H](CO[P@@](=O)(O[C@H]3C[C@H](n4cc(C)c(=O)[nH]c4=O)O[C@@H]3COP(=O)(O)O[C@H]3C[C@H](n4cc(C)c(=O)[nH]c4=O)O[C@@H]3COP(=O)(O)O[C@H]3C[C@H](n4cc(C)c(=O)[nH]c4=O)O[C@@H]3COP(=O)(O)O[C@H]3C[C@H](n4ccc(N)nc4=O)O[C@@H]3COP(=O)(O)O[C@H]3C[C@H](n4ccc(N)nc4=O)O[C@@H]3COP(=O)(O)O[C@H]3C[C@H](n4ccc(N)nc4=O)O[C@@H]3CO)SCCCCCCN)O2)c(=O)[nH]c1=O. The van der Waals surface area contributed by atoms with Gasteiger partial charge in [-0.05, 0) is 76.7 Å². The lowest BCUT2D eigenvalue weighted by molar-refractivity contribution is -0.0657. The van der Waals surface area contributed by atoms with Crippen molar-refractivity contribution in [1.82, 2.24) is 66.9 Å². The number of anilines is 3. The number of unbranched alkanes of at least 4 members (excludes halogenated alkanes) is 3. The van der Waals surface area contributed by atoms with Gasteiger partial charge in [0.2, 0.25) is 0 Å². The first kappa shape index (κ1) is 112. The summed E-state index contributed by atoms with van der Waals surface area (Å²) < 4.78 is 220. The standard InChI is InChI=1S/C73H103N18O46P7S/c1-35-24-88(70(100)81-63(35)93)59-18-40(131-138(104,105)106)52(130-59)34-123-144(117,145-16-8-6-5-7-12-74)137-45-23-62(91-27-38(4)66(96)84-73(91)103)129-51(45)33-122-143(115,116)136-44-22-61(90-26-37(3)65(95)83-72(90)102)128-50(44)32-121-142(113,114)135-43-21-60(89-25-36(2)64(94)82-71(89)101)127-49(43)31-120-141(111,112)134-42-20-58(87-15-11-55(77)80-69(87)99)126-48(42)30-119-140(109,110)133-41-19-57(86-14-10-54(76)79-68(86)98)125-47(41)29-118-139(107,108)132-39-17-56(124-46(39)28-92)85-13-9-53(75)78-67(85)97/h9-11,13-15,24-27,39-52,56-62,92H,5-8,12,16-23,28-34,74H2,1-4H3,(H,107,108)(H,109,110)(H,111,112)(H,113,114)(H,115,116)(H2,75,78,97)(H2,76,79,98)(H2,77,80,99)(H,81,93,100)(H,82,94,101)(H,83,95,102)(H,84,96,103)(H2,104,105,106)/t39-,40-,41-,42-,43-,44-,45-,46+,47+,48+,49+,50+,51+,52+,56+,57+,58+,59+,60+,61+,62+,144-/m0/s1. The van der Waals surface area contributed by atoms with Crippen molar-refractivity contribution in [3.63, 3.8) is 0 Å². The van der Waals surface area contributed by atoms with Gasteiger partial charge in [0.25, 0.3) is 22.2 Å². The van der Waals surface area contributed by atoms with Crippen molar-refractivity contribution in [2.24, 2.45) is 5.73 Å². The van der Waals surface area contributed by atoms with E-state index in [1.54, 1.807) is 0 Å². The van der Waals surface area contributed by atoms with Gasteiger partial charge in [-0.3, -0.25) is 130 Å². The fourth-order valence-corrected chi connectivity index (χ4v) is 25.3. The lowest BCUT2D eigenvalue weighted by Crippen LogP contribution is -2.33. The van der Waals surface area contributed by atoms with Gasteiger partial charge in [-0.15, -0.1) is 0 Å². The van der Waals surface area contributed by atoms with E-state index in [4.69, 9.17) is 115 Å². The van der Waals surface area contributed by atoms with Gasteiger partial charge in [0.15, 0.2) is 0 Å². The van der Waals surface area contributed by atoms with Crippen LogP contribution in [0.15, 0.2) is 114 Å². The minimum atomic E-state index is -5.80. The largest absolute Gasteiger partial charge is 0.472 e. The van der Waals surface area contributed by atoms with Crippen LogP contribution in [0.1, 0.15) is 136 Å². The summed E-state index contributed by atoms with van der Waals surface area (Å²) in [6.07, 6.45) is -28.9. The minimum absolute atomic E-state index is 0.0103. The molecule has 0 spiro atoms. The van der Waals surface area contributed by atoms with Crippen LogP contribution in [0.5, 0.6) is 0 Å². The Morgan fingerprint density at radius 2 is 0.579 bits per heavy atom. The molecule has 7 aromatic rings. The fraction of sp³-hybridized carbons (Fsp3) is 0.616. The number of nitrogen functional groups attached to an aromatic ring is 3. The maximum Gasteiger partial charge on any atom is 0.472 e. The van der Waals surface area contributed by atoms with E-state index in [0.29, 0.717) is 43.6 Å². The summed E-state index contributed by atoms with van der Waals surface area (Å²) >= 11 is 0.608. The molecule has 5 unspecified atom stereocenters. The molecular weight excluding hydrogens is 2110 g/mol. The molecule has 802 valence electrons. The molecule has 7 fully saturated rings. The lowest BCUT2D eigenvalue weighted by atomic mass is 10.2. The number of ether oxygens (including phenoxy) is 7. The van der Waals surface area contributed by atoms with E-state index in [2.05, 4.69) is 29.9 Å². The summed E-state index contributed by atoms with van der Waals surface area (Å²) in [4.78, 5) is 240. The Hall–Kier alpha value is -8.44. The number of aliphatic hydroxyl groups is 1. The Balaban J connectivity index is 0.672. The molecule has 145 heavy (non-hydrogen) atoms. The number of rotatable bonds is 47. The van der Waals surface area contributed by atoms with Gasteiger partial charge in [0, 0.05) is 116 Å². The number of nitrogens with one attached hydrogen (secondary N) is 4. The third-order valence-electron chi connectivity index (χ3n) is 23.4. The molecule has 14 heterocycles. The molecule has 7 aromatic heterocycles. The molecule has 7 saturated heterocycles. The summed E-state index contributed by atoms with van der Waals surface area (Å²) in [5, 5.41) is 10.1. The van der Waals surface area contributed by atoms with Crippen LogP contribution in [-0.4, -0.2) is 250 Å². The van der Waals surface area contributed by atoms with Crippen molar-refractivity contribution in [2.45, 2.75) is 227 Å². The highest BCUT2D eigenvalue weighted by molar-refractivity contribution is 8.55. The molecule has 0 radical (unpaired) electrons. The monoisotopic (exact) mass is 2220 g/mol. The molecule has 14 rings (SSSR count). The molecule has 0 amide bonds. The van der Waals surface area contributed by atoms with Crippen molar-refractivity contribution in [3.8, 4) is 0 Å². The second-order valence-electron chi connectivity index (χ2n) is 33.9. The van der Waals surface area contributed by atoms with E-state index in [-0.39, 0.29) is 51.9 Å². The van der Waals surface area contributed by atoms with Gasteiger partial charge in [0.1, 0.15) is 147 Å². The molecule has 20 N–H and O–H groups in total. The number of hydrogen-bond donors (Lipinski definition) is 16. The highest BCUT2D eigenvalue weighted by Gasteiger charge is 2.54. The summed E-state index contributed by atoms with van der Waals surface area (Å²) in [6, 6.07) is 3.58. The molecule has 27 atom stereocenters. The molecular formula is C73H103N18O46P7S. The third-order valence-corrected chi connectivity index (χ3v) is 32.8. The van der Waals surface area contributed by atoms with Crippen LogP contribution in [0.4, 0.5) is 17.5 Å². The molecule has 0 saturated carbocycles. The Morgan fingerprint density at radius 3 is 0.834 bits per heavy atom. The number of phosphoric acid groups is 6. The van der Waals surface area contributed by atoms with Crippen LogP contribution in [0.3, 0.4) is 0 Å². The van der Waals surface area contributed by atoms with E-state index in [0.717, 1.165) is 75.2 Å². The van der Waals surface area contributed by atoms with E-state index >= 15 is 4.57 Å². The van der Waals surface area contributed by atoms with E-state index in [1.807, 2.05) is 4.98 Å². The van der Waals surface area contributed by atoms with Gasteiger partial charge in [-0.2, -0.15) is 15.0 Å². The Labute approximate surface area is 816 Å². The summed E-state index contributed by atoms with van der Waals surface area (Å²) in [5.41, 5.74) is 12.0. The highest BCUT2D eigenvalue weighted by atomic mass is 32.7. The van der Waals surface area contributed by atoms with Crippen LogP contribution in [0.25, 0.3) is 0 Å². The van der Waals surface area contributed by atoms with Crippen LogP contribution in [-0.2, 0) is 124 Å². The van der Waals surface area contributed by atoms with Crippen molar-refractivity contribution >= 4 is 82.6 Å². The second-order valence-corrected chi connectivity index (χ2v) is 46.2. The first-order valence-corrected chi connectivity index (χ1v) is 56.1. The Kier molecular flexibility index (Phi) is 36.0. The van der Waals surface area contributed by atoms with Crippen LogP contribution in [0.2, 0.25) is 0 Å². The zero-order valence-electron chi connectivity index (χ0n) is 76.5. The van der Waals surface area contributed by atoms with Crippen LogP contribution in [0, 0.1) is 27.7 Å². The quantitative estimate of drug-likeness (QED) is 0.0156. The maximum absolute atomic E-state index is 15.4. The van der Waals surface area contributed by atoms with Crippen LogP contribution < -0.4 is 85.0 Å². The zero-order valence-corrected chi connectivity index (χ0v) is 83.5. The van der Waals surface area contributed by atoms with E-state index < -0.39 is 330 Å². The zero-order chi connectivity index (χ0) is 105. The maximum atomic E-state index is 15.4. The number of aliphatic hydroxyl groups excluding tert-OH is 1. The van der Waals surface area contributed by atoms with Crippen molar-refractivity contribution < 1.29 is 163 Å². The number of phosphoric ester groups is 6. The van der Waals surface area contributed by atoms with E-state index in [9.17, 15) is 119 Å². The first-order chi connectivity index (χ1) is 68.2. The third kappa shape index (κ3) is 29.0. The number of aryl methyl sites for hydroxylation is 4. The number of hydrogen-bond acceptors (Lipinski definition) is 47. The average Bonchev–Trinajstić information content (AvgIpc) is 1.82. The minimum Gasteiger partial charge on any atom is -0.394 e. The molecule has 72 heteroatoms. The molecule has 0 aliphatic carbocycles. The number of H-pyrrole nitrogens is 4. The topological polar surface area (TPSA) is 894 Å². The van der Waals surface area contributed by atoms with Crippen molar-refractivity contribution in [2.75, 3.05) is 75.7 Å². The number of nitrogens with zero attached hydrogens (tertiary/aromatic N) is 10. The lowest BCUT2D eigenvalue weighted by Gasteiger charge is -2.27. The predicted molar refractivity (Wildman–Crippen MR) is 488 cm³/mol. The summed E-state index contributed by atoms with van der Waals surface area (Å²) in [6.45, 7) is -6.75. The van der Waals surface area contributed by atoms with Gasteiger partial charge in [0.05, 0.1) is 46.2 Å². The van der Waals surface area contributed by atoms with Gasteiger partial charge in [-0.1, -0.05) is 12.8 Å². The normalized spacial score (nSPS) is 29.1. The number of aromatic nitrogens is 14. The molecule has 0 aromatic carbocycles. The average molecular weight is 2220 g/mol. The molecule has 64 nitrogen and oxygen atoms in total. The fourth-order valence-electron chi connectivity index (χ4n) is 16.3. The van der Waals surface area contributed by atoms with Gasteiger partial charge >= 0.3 is 93.6 Å².